The van der Waals surface area contributed by atoms with E-state index in [9.17, 15) is 91.1 Å². The third kappa shape index (κ3) is 31.4. The average molecular weight is 1830 g/mol. The van der Waals surface area contributed by atoms with Crippen molar-refractivity contribution in [3.8, 4) is 0 Å². The quantitative estimate of drug-likeness (QED) is 0.0505. The fraction of sp³-hybridized carbons (Fsp3) is 0.750. The Balaban J connectivity index is 1.46. The molecule has 0 N–H and O–H groups in total. The molecule has 50 heteroatoms. The van der Waals surface area contributed by atoms with Gasteiger partial charge in [0, 0.05) is 132 Å². The van der Waals surface area contributed by atoms with Crippen molar-refractivity contribution in [3.05, 3.63) is 0 Å². The summed E-state index contributed by atoms with van der Waals surface area (Å²) >= 11 is 1.06. The molecule has 0 bridgehead atoms. The lowest BCUT2D eigenvalue weighted by Crippen LogP contribution is -2.66. The molecule has 6 aliphatic heterocycles. The number of rotatable bonds is 37. The maximum absolute atomic E-state index is 13.4. The van der Waals surface area contributed by atoms with Crippen LogP contribution >= 0.6 is 11.8 Å². The van der Waals surface area contributed by atoms with E-state index >= 15 is 0 Å². The van der Waals surface area contributed by atoms with Crippen molar-refractivity contribution in [2.24, 2.45) is 0 Å². The normalized spacial score (nSPS) is 32.8. The molecule has 0 radical (unpaired) electrons. The highest BCUT2D eigenvalue weighted by Gasteiger charge is 2.62. The van der Waals surface area contributed by atoms with E-state index < -0.39 is 336 Å². The van der Waals surface area contributed by atoms with Gasteiger partial charge >= 0.3 is 113 Å². The Morgan fingerprint density at radius 3 is 0.492 bits per heavy atom. The van der Waals surface area contributed by atoms with E-state index in [2.05, 4.69) is 0 Å². The molecule has 49 nitrogen and oxygen atoms in total. The highest BCUT2D eigenvalue weighted by molar-refractivity contribution is 7.99. The maximum atomic E-state index is 13.4. The summed E-state index contributed by atoms with van der Waals surface area (Å²) in [4.78, 5) is 247. The second-order valence-electron chi connectivity index (χ2n) is 28.5. The molecule has 0 aliphatic carbocycles. The molecule has 6 rings (SSSR count). The van der Waals surface area contributed by atoms with Gasteiger partial charge in [0.05, 0.1) is 33.0 Å². The van der Waals surface area contributed by atoms with Gasteiger partial charge in [-0.25, -0.2) is 0 Å². The van der Waals surface area contributed by atoms with Crippen LogP contribution in [0.5, 0.6) is 0 Å². The molecule has 0 aromatic rings. The van der Waals surface area contributed by atoms with E-state index in [1.165, 1.54) is 0 Å². The first-order chi connectivity index (χ1) is 59.0. The zero-order chi connectivity index (χ0) is 94.2. The zero-order valence-electron chi connectivity index (χ0n) is 72.2. The summed E-state index contributed by atoms with van der Waals surface area (Å²) < 4.78 is 177. The molecule has 30 atom stereocenters. The summed E-state index contributed by atoms with van der Waals surface area (Å²) in [5.74, 6) is -20.0. The minimum Gasteiger partial charge on any atom is -0.463 e. The van der Waals surface area contributed by atoms with Crippen LogP contribution in [-0.2, 0) is 233 Å². The highest BCUT2D eigenvalue weighted by atomic mass is 32.2. The van der Waals surface area contributed by atoms with Gasteiger partial charge in [-0.15, -0.1) is 11.8 Å². The molecule has 0 saturated carbocycles. The zero-order valence-corrected chi connectivity index (χ0v) is 73.0. The summed E-state index contributed by atoms with van der Waals surface area (Å²) in [7, 11) is 0. The number of ether oxygens (including phenoxy) is 30. The van der Waals surface area contributed by atoms with Crippen LogP contribution in [0, 0.1) is 0 Å². The van der Waals surface area contributed by atoms with Crippen molar-refractivity contribution in [1.82, 2.24) is 0 Å². The van der Waals surface area contributed by atoms with E-state index in [1.54, 1.807) is 6.92 Å². The number of esters is 19. The van der Waals surface area contributed by atoms with E-state index in [0.717, 1.165) is 143 Å². The van der Waals surface area contributed by atoms with Crippen molar-refractivity contribution in [2.75, 3.05) is 45.4 Å². The fourth-order valence-corrected chi connectivity index (χ4v) is 15.0. The summed E-state index contributed by atoms with van der Waals surface area (Å²) in [5, 5.41) is 0. The van der Waals surface area contributed by atoms with Gasteiger partial charge in [-0.2, -0.15) is 0 Å². The third-order valence-corrected chi connectivity index (χ3v) is 18.9. The number of thioether (sulfide) groups is 1. The second kappa shape index (κ2) is 48.7. The Morgan fingerprint density at radius 2 is 0.325 bits per heavy atom. The standard InChI is InChI=1S/C76H104O49S/c1-21-126-76-70(119-46(20)95)64(113-40(14)89)58(107-34(8)83)52(125-76)27-101-75-69(118-45(19)94)63(112-39(13)88)57(106-33(7)82)51(124-75)26-100-74-68(117-44(18)93)62(111-38(12)87)56(105-32(6)81)50(123-74)25-99-73-67(116-43(17)92)61(110-37(11)86)55(104-31(5)80)49(122-73)24-98-72-66(115-42(16)91)60(109-36(10)85)54(103-30(4)79)48(121-72)23-97-71-65(114-41(15)90)59(108-35(9)84)53(102-29(3)78)47(120-71)22-96-28(2)77/h47-76H,21-27H2,1-20H3/t47-,48-,49-,50-,51-,52-,53-,54-,55-,56-,57-,58-,59+,60+,61+,62+,63+,64+,65-,66-,67-,68-,69-,70-,71-,72-,73-,74-,75-,76+/m1/s1. The fourth-order valence-electron chi connectivity index (χ4n) is 14.1. The van der Waals surface area contributed by atoms with Gasteiger partial charge in [0.15, 0.2) is 141 Å². The van der Waals surface area contributed by atoms with Gasteiger partial charge in [-0.05, 0) is 5.75 Å². The first kappa shape index (κ1) is 105. The van der Waals surface area contributed by atoms with Crippen LogP contribution in [0.3, 0.4) is 0 Å². The molecule has 6 heterocycles. The summed E-state index contributed by atoms with van der Waals surface area (Å²) in [6.07, 6.45) is -55.5. The smallest absolute Gasteiger partial charge is 0.303 e. The minimum absolute atomic E-state index is 0.284. The lowest BCUT2D eigenvalue weighted by Gasteiger charge is -2.48. The van der Waals surface area contributed by atoms with Crippen LogP contribution in [0.4, 0.5) is 0 Å². The third-order valence-electron chi connectivity index (χ3n) is 17.9. The predicted molar refractivity (Wildman–Crippen MR) is 396 cm³/mol. The van der Waals surface area contributed by atoms with E-state index in [-0.39, 0.29) is 5.75 Å². The molecule has 6 aliphatic rings. The molecule has 708 valence electrons. The van der Waals surface area contributed by atoms with Gasteiger partial charge in [0.2, 0.25) is 0 Å². The Hall–Kier alpha value is -10.2. The van der Waals surface area contributed by atoms with Gasteiger partial charge < -0.3 is 142 Å². The number of hydrogen-bond acceptors (Lipinski definition) is 50. The van der Waals surface area contributed by atoms with Crippen LogP contribution < -0.4 is 0 Å². The molecule has 0 aromatic heterocycles. The molecule has 0 aromatic carbocycles. The van der Waals surface area contributed by atoms with E-state index in [4.69, 9.17) is 142 Å². The maximum Gasteiger partial charge on any atom is 0.303 e. The SMILES string of the molecule is CCS[C@@H]1O[C@H](CO[C@@H]2O[C@H](CO[C@@H]3O[C@H](CO[C@@H]4O[C@H](CO[C@@H]5O[C@H](CO[C@@H]6O[C@H](COC(C)=O)[C@@H](OC(C)=O)[C@H](OC(C)=O)[C@H]6OC(C)=O)[C@@H](OC(C)=O)[C@H](OC(C)=O)[C@H]5OC(C)=O)[C@@H](OC(C)=O)[C@H](OC(C)=O)[C@H]4OC(C)=O)[C@@H](OC(C)=O)[C@H](OC(C)=O)[C@H]3OC(C)=O)[C@@H](OC(C)=O)[C@H](OC(C)=O)[C@H]2OC(C)=O)[C@@H](OC(C)=O)[C@H](OC(C)=O)[C@H]1OC(C)=O. The lowest BCUT2D eigenvalue weighted by atomic mass is 9.96. The van der Waals surface area contributed by atoms with Crippen LogP contribution in [-0.4, -0.2) is 342 Å². The molecular weight excluding hydrogens is 1730 g/mol. The molecule has 6 saturated heterocycles. The minimum atomic E-state index is -2.22. The van der Waals surface area contributed by atoms with Crippen LogP contribution in [0.2, 0.25) is 0 Å². The van der Waals surface area contributed by atoms with Crippen molar-refractivity contribution in [3.63, 3.8) is 0 Å². The topological polar surface area (TPSA) is 601 Å². The highest BCUT2D eigenvalue weighted by Crippen LogP contribution is 2.41. The Bertz CT molecular complexity index is 3840. The molecule has 0 unspecified atom stereocenters. The van der Waals surface area contributed by atoms with Crippen molar-refractivity contribution in [2.45, 2.75) is 322 Å². The molecular formula is C76H104O49S. The van der Waals surface area contributed by atoms with Crippen molar-refractivity contribution >= 4 is 125 Å². The predicted octanol–water partition coefficient (Wildman–Crippen LogP) is -1.49. The number of carbonyl (C=O) groups excluding carboxylic acids is 19. The summed E-state index contributed by atoms with van der Waals surface area (Å²) in [6.45, 7) is 13.6. The van der Waals surface area contributed by atoms with Crippen LogP contribution in [0.25, 0.3) is 0 Å². The lowest BCUT2D eigenvalue weighted by molar-refractivity contribution is -0.353. The van der Waals surface area contributed by atoms with Crippen molar-refractivity contribution < 1.29 is 233 Å². The van der Waals surface area contributed by atoms with E-state index in [1.807, 2.05) is 0 Å². The van der Waals surface area contributed by atoms with Gasteiger partial charge in [-0.3, -0.25) is 91.1 Å². The molecule has 126 heavy (non-hydrogen) atoms. The first-order valence-corrected chi connectivity index (χ1v) is 40.0. The Kier molecular flexibility index (Phi) is 40.4. The Morgan fingerprint density at radius 1 is 0.183 bits per heavy atom. The van der Waals surface area contributed by atoms with Gasteiger partial charge in [0.1, 0.15) is 48.7 Å². The average Bonchev–Trinajstić information content (AvgIpc) is 0.777. The molecule has 0 amide bonds. The summed E-state index contributed by atoms with van der Waals surface area (Å²) in [5.41, 5.74) is -1.18. The van der Waals surface area contributed by atoms with Gasteiger partial charge in [-0.1, -0.05) is 6.92 Å². The number of hydrogen-bond donors (Lipinski definition) is 0. The largest absolute Gasteiger partial charge is 0.463 e. The number of carbonyl (C=O) groups is 19. The monoisotopic (exact) mass is 1830 g/mol. The summed E-state index contributed by atoms with van der Waals surface area (Å²) in [6, 6.07) is 0. The van der Waals surface area contributed by atoms with Crippen LogP contribution in [0.15, 0.2) is 0 Å². The molecule has 0 spiro atoms. The van der Waals surface area contributed by atoms with E-state index in [0.29, 0.717) is 0 Å². The first-order valence-electron chi connectivity index (χ1n) is 38.9. The second-order valence-corrected chi connectivity index (χ2v) is 29.9. The molecule has 6 fully saturated rings. The van der Waals surface area contributed by atoms with Crippen LogP contribution in [0.1, 0.15) is 138 Å². The van der Waals surface area contributed by atoms with Gasteiger partial charge in [0.25, 0.3) is 0 Å². The Labute approximate surface area is 723 Å². The van der Waals surface area contributed by atoms with Crippen molar-refractivity contribution in [1.29, 1.82) is 0 Å².